The van der Waals surface area contributed by atoms with E-state index in [1.807, 2.05) is 13.8 Å². The van der Waals surface area contributed by atoms with Crippen molar-refractivity contribution in [3.63, 3.8) is 0 Å². The lowest BCUT2D eigenvalue weighted by molar-refractivity contribution is -0.123. The van der Waals surface area contributed by atoms with Crippen LogP contribution in [0.5, 0.6) is 0 Å². The number of sulfonamides is 1. The van der Waals surface area contributed by atoms with Gasteiger partial charge in [-0.25, -0.2) is 8.42 Å². The zero-order valence-corrected chi connectivity index (χ0v) is 18.6. The lowest BCUT2D eigenvalue weighted by Crippen LogP contribution is -2.46. The minimum atomic E-state index is -3.44. The third kappa shape index (κ3) is 5.58. The first kappa shape index (κ1) is 22.2. The van der Waals surface area contributed by atoms with E-state index in [1.165, 1.54) is 36.4 Å². The van der Waals surface area contributed by atoms with Crippen LogP contribution in [0.1, 0.15) is 51.5 Å². The highest BCUT2D eigenvalue weighted by Gasteiger charge is 2.31. The van der Waals surface area contributed by atoms with Crippen molar-refractivity contribution in [1.29, 1.82) is 0 Å². The number of hydrogen-bond acceptors (Lipinski definition) is 4. The fourth-order valence-electron chi connectivity index (χ4n) is 4.77. The van der Waals surface area contributed by atoms with Crippen molar-refractivity contribution in [1.82, 2.24) is 14.5 Å². The van der Waals surface area contributed by atoms with Gasteiger partial charge in [0.05, 0.1) is 11.4 Å². The summed E-state index contributed by atoms with van der Waals surface area (Å²) in [6, 6.07) is 6.82. The van der Waals surface area contributed by atoms with Gasteiger partial charge in [0, 0.05) is 26.2 Å². The van der Waals surface area contributed by atoms with Crippen LogP contribution in [0.2, 0.25) is 0 Å². The molecule has 6 nitrogen and oxygen atoms in total. The predicted octanol–water partition coefficient (Wildman–Crippen LogP) is 2.85. The first-order chi connectivity index (χ1) is 13.9. The van der Waals surface area contributed by atoms with E-state index in [1.54, 1.807) is 24.3 Å². The van der Waals surface area contributed by atoms with Gasteiger partial charge in [0.25, 0.3) is 0 Å². The Labute approximate surface area is 175 Å². The van der Waals surface area contributed by atoms with Gasteiger partial charge < -0.3 is 5.32 Å². The van der Waals surface area contributed by atoms with Crippen molar-refractivity contribution in [2.45, 2.75) is 57.4 Å². The SMILES string of the molecule is CCN(CC)S(=O)(=O)c1ccc(CNC(=O)CN2CC[C@H]3CCCC[C@@H]3C2)cc1. The molecule has 29 heavy (non-hydrogen) atoms. The Hall–Kier alpha value is -1.44. The second-order valence-electron chi connectivity index (χ2n) is 8.34. The zero-order chi connectivity index (χ0) is 20.9. The highest BCUT2D eigenvalue weighted by atomic mass is 32.2. The van der Waals surface area contributed by atoms with E-state index in [0.717, 1.165) is 30.5 Å². The average molecular weight is 422 g/mol. The van der Waals surface area contributed by atoms with Crippen molar-refractivity contribution in [2.75, 3.05) is 32.7 Å². The summed E-state index contributed by atoms with van der Waals surface area (Å²) in [5.41, 5.74) is 0.905. The molecule has 1 saturated heterocycles. The molecule has 0 radical (unpaired) electrons. The highest BCUT2D eigenvalue weighted by molar-refractivity contribution is 7.89. The summed E-state index contributed by atoms with van der Waals surface area (Å²) in [6.07, 6.45) is 6.61. The molecule has 1 aromatic carbocycles. The van der Waals surface area contributed by atoms with Crippen molar-refractivity contribution < 1.29 is 13.2 Å². The van der Waals surface area contributed by atoms with Crippen LogP contribution in [0, 0.1) is 11.8 Å². The van der Waals surface area contributed by atoms with Gasteiger partial charge >= 0.3 is 0 Å². The maximum Gasteiger partial charge on any atom is 0.243 e. The quantitative estimate of drug-likeness (QED) is 0.701. The van der Waals surface area contributed by atoms with Gasteiger partial charge in [-0.1, -0.05) is 45.2 Å². The molecule has 1 heterocycles. The number of nitrogens with one attached hydrogen (secondary N) is 1. The number of amides is 1. The molecule has 0 aromatic heterocycles. The summed E-state index contributed by atoms with van der Waals surface area (Å²) in [4.78, 5) is 15.0. The van der Waals surface area contributed by atoms with Crippen LogP contribution in [0.4, 0.5) is 0 Å². The number of carbonyl (C=O) groups is 1. The summed E-state index contributed by atoms with van der Waals surface area (Å²) in [6.45, 7) is 7.53. The van der Waals surface area contributed by atoms with E-state index in [9.17, 15) is 13.2 Å². The van der Waals surface area contributed by atoms with E-state index in [-0.39, 0.29) is 5.91 Å². The standard InChI is InChI=1S/C22H35N3O3S/c1-3-25(4-2)29(27,28)21-11-9-18(10-12-21)15-23-22(26)17-24-14-13-19-7-5-6-8-20(19)16-24/h9-12,19-20H,3-8,13-17H2,1-2H3,(H,23,26)/t19-,20-/m1/s1. The van der Waals surface area contributed by atoms with Crippen LogP contribution in [0.3, 0.4) is 0 Å². The van der Waals surface area contributed by atoms with Gasteiger partial charge in [-0.3, -0.25) is 9.69 Å². The number of piperidine rings is 1. The Morgan fingerprint density at radius 2 is 1.72 bits per heavy atom. The molecule has 2 aliphatic rings. The van der Waals surface area contributed by atoms with Crippen molar-refractivity contribution in [3.8, 4) is 0 Å². The molecule has 1 amide bonds. The molecule has 0 spiro atoms. The summed E-state index contributed by atoms with van der Waals surface area (Å²) in [5.74, 6) is 1.68. The van der Waals surface area contributed by atoms with Gasteiger partial charge in [0.2, 0.25) is 15.9 Å². The molecular formula is C22H35N3O3S. The summed E-state index contributed by atoms with van der Waals surface area (Å²) >= 11 is 0. The van der Waals surface area contributed by atoms with Crippen molar-refractivity contribution >= 4 is 15.9 Å². The normalized spacial score (nSPS) is 23.0. The molecule has 1 saturated carbocycles. The molecule has 162 valence electrons. The number of hydrogen-bond donors (Lipinski definition) is 1. The lowest BCUT2D eigenvalue weighted by Gasteiger charge is -2.41. The van der Waals surface area contributed by atoms with E-state index < -0.39 is 10.0 Å². The van der Waals surface area contributed by atoms with Gasteiger partial charge in [0.15, 0.2) is 0 Å². The molecule has 2 fully saturated rings. The second kappa shape index (κ2) is 10.0. The number of nitrogens with zero attached hydrogens (tertiary/aromatic N) is 2. The third-order valence-corrected chi connectivity index (χ3v) is 8.56. The lowest BCUT2D eigenvalue weighted by atomic mass is 9.75. The van der Waals surface area contributed by atoms with Crippen LogP contribution in [-0.2, 0) is 21.4 Å². The molecule has 1 aliphatic heterocycles. The zero-order valence-electron chi connectivity index (χ0n) is 17.8. The largest absolute Gasteiger partial charge is 0.351 e. The Bertz CT molecular complexity index is 775. The second-order valence-corrected chi connectivity index (χ2v) is 10.3. The number of likely N-dealkylation sites (tertiary alicyclic amines) is 1. The highest BCUT2D eigenvalue weighted by Crippen LogP contribution is 2.35. The van der Waals surface area contributed by atoms with Gasteiger partial charge in [-0.2, -0.15) is 4.31 Å². The van der Waals surface area contributed by atoms with Gasteiger partial charge in [-0.05, 0) is 48.9 Å². The van der Waals surface area contributed by atoms with Crippen LogP contribution >= 0.6 is 0 Å². The Kier molecular flexibility index (Phi) is 7.71. The minimum Gasteiger partial charge on any atom is -0.351 e. The molecule has 1 aromatic rings. The third-order valence-electron chi connectivity index (χ3n) is 6.50. The van der Waals surface area contributed by atoms with Crippen molar-refractivity contribution in [2.24, 2.45) is 11.8 Å². The number of fused-ring (bicyclic) bond motifs is 1. The molecule has 2 atom stereocenters. The first-order valence-corrected chi connectivity index (χ1v) is 12.5. The van der Waals surface area contributed by atoms with E-state index in [4.69, 9.17) is 0 Å². The van der Waals surface area contributed by atoms with Crippen LogP contribution < -0.4 is 5.32 Å². The Morgan fingerprint density at radius 3 is 2.38 bits per heavy atom. The molecule has 0 unspecified atom stereocenters. The van der Waals surface area contributed by atoms with Gasteiger partial charge in [0.1, 0.15) is 0 Å². The smallest absolute Gasteiger partial charge is 0.243 e. The van der Waals surface area contributed by atoms with E-state index in [0.29, 0.717) is 31.1 Å². The van der Waals surface area contributed by atoms with Crippen LogP contribution in [-0.4, -0.2) is 56.3 Å². The fraction of sp³-hybridized carbons (Fsp3) is 0.682. The maximum absolute atomic E-state index is 12.5. The Morgan fingerprint density at radius 1 is 1.07 bits per heavy atom. The predicted molar refractivity (Wildman–Crippen MR) is 115 cm³/mol. The van der Waals surface area contributed by atoms with E-state index >= 15 is 0 Å². The molecule has 0 bridgehead atoms. The summed E-state index contributed by atoms with van der Waals surface area (Å²) in [5, 5.41) is 2.98. The number of rotatable bonds is 8. The minimum absolute atomic E-state index is 0.0408. The monoisotopic (exact) mass is 421 g/mol. The summed E-state index contributed by atoms with van der Waals surface area (Å²) < 4.78 is 26.5. The maximum atomic E-state index is 12.5. The van der Waals surface area contributed by atoms with Crippen LogP contribution in [0.15, 0.2) is 29.2 Å². The molecule has 1 N–H and O–H groups in total. The van der Waals surface area contributed by atoms with Gasteiger partial charge in [-0.15, -0.1) is 0 Å². The average Bonchev–Trinajstić information content (AvgIpc) is 2.73. The van der Waals surface area contributed by atoms with E-state index in [2.05, 4.69) is 10.2 Å². The first-order valence-electron chi connectivity index (χ1n) is 11.0. The topological polar surface area (TPSA) is 69.7 Å². The van der Waals surface area contributed by atoms with Crippen molar-refractivity contribution in [3.05, 3.63) is 29.8 Å². The molecule has 1 aliphatic carbocycles. The summed E-state index contributed by atoms with van der Waals surface area (Å²) in [7, 11) is -3.44. The van der Waals surface area contributed by atoms with Crippen LogP contribution in [0.25, 0.3) is 0 Å². The molecular weight excluding hydrogens is 386 g/mol. The fourth-order valence-corrected chi connectivity index (χ4v) is 6.23. The number of benzene rings is 1. The molecule has 7 heteroatoms. The Balaban J connectivity index is 1.48. The molecule has 3 rings (SSSR count). The number of carbonyl (C=O) groups excluding carboxylic acids is 1.